The van der Waals surface area contributed by atoms with Crippen LogP contribution in [0.25, 0.3) is 0 Å². The molecule has 0 heterocycles. The molecular formula is C19H40N2. The van der Waals surface area contributed by atoms with E-state index in [9.17, 15) is 0 Å². The van der Waals surface area contributed by atoms with Gasteiger partial charge in [-0.05, 0) is 40.4 Å². The largest absolute Gasteiger partial charge is 0.315 e. The Balaban J connectivity index is 2.34. The van der Waals surface area contributed by atoms with E-state index < -0.39 is 0 Å². The Hall–Kier alpha value is -0.0800. The van der Waals surface area contributed by atoms with E-state index in [4.69, 9.17) is 0 Å². The molecule has 0 amide bonds. The first-order chi connectivity index (χ1) is 10.2. The van der Waals surface area contributed by atoms with Crippen molar-refractivity contribution in [2.75, 3.05) is 21.1 Å². The quantitative estimate of drug-likeness (QED) is 0.541. The van der Waals surface area contributed by atoms with Gasteiger partial charge in [-0.2, -0.15) is 0 Å². The highest BCUT2D eigenvalue weighted by Crippen LogP contribution is 2.36. The Morgan fingerprint density at radius 2 is 1.48 bits per heavy atom. The van der Waals surface area contributed by atoms with Crippen LogP contribution in [0.5, 0.6) is 0 Å². The summed E-state index contributed by atoms with van der Waals surface area (Å²) < 4.78 is 0. The molecule has 0 aromatic carbocycles. The minimum Gasteiger partial charge on any atom is -0.315 e. The van der Waals surface area contributed by atoms with Crippen molar-refractivity contribution in [3.05, 3.63) is 0 Å². The second-order valence-electron chi connectivity index (χ2n) is 7.31. The molecule has 126 valence electrons. The van der Waals surface area contributed by atoms with Crippen LogP contribution < -0.4 is 5.32 Å². The lowest BCUT2D eigenvalue weighted by Gasteiger charge is -2.48. The molecule has 1 fully saturated rings. The summed E-state index contributed by atoms with van der Waals surface area (Å²) in [7, 11) is 6.76. The third-order valence-electron chi connectivity index (χ3n) is 5.70. The van der Waals surface area contributed by atoms with Crippen LogP contribution in [0.15, 0.2) is 0 Å². The monoisotopic (exact) mass is 296 g/mol. The molecule has 1 atom stereocenters. The van der Waals surface area contributed by atoms with Crippen LogP contribution >= 0.6 is 0 Å². The molecule has 2 nitrogen and oxygen atoms in total. The van der Waals surface area contributed by atoms with Gasteiger partial charge in [0.2, 0.25) is 0 Å². The van der Waals surface area contributed by atoms with Crippen LogP contribution in [0.3, 0.4) is 0 Å². The lowest BCUT2D eigenvalue weighted by atomic mass is 9.73. The van der Waals surface area contributed by atoms with E-state index in [-0.39, 0.29) is 0 Å². The fourth-order valence-electron chi connectivity index (χ4n) is 4.26. The topological polar surface area (TPSA) is 15.3 Å². The Morgan fingerprint density at radius 3 is 2.00 bits per heavy atom. The zero-order valence-electron chi connectivity index (χ0n) is 15.2. The fourth-order valence-corrected chi connectivity index (χ4v) is 4.26. The summed E-state index contributed by atoms with van der Waals surface area (Å²) >= 11 is 0. The number of nitrogens with zero attached hydrogens (tertiary/aromatic N) is 1. The maximum atomic E-state index is 3.66. The summed E-state index contributed by atoms with van der Waals surface area (Å²) in [5.41, 5.74) is 0.412. The second-order valence-corrected chi connectivity index (χ2v) is 7.31. The first kappa shape index (κ1) is 19.0. The van der Waals surface area contributed by atoms with Gasteiger partial charge in [-0.1, -0.05) is 71.1 Å². The Bertz CT molecular complexity index is 244. The SMILES string of the molecule is CCCCCCCCCC(NC)C1(N(C)C)CCCCC1. The van der Waals surface area contributed by atoms with Crippen molar-refractivity contribution in [2.45, 2.75) is 102 Å². The van der Waals surface area contributed by atoms with Gasteiger partial charge < -0.3 is 10.2 Å². The molecule has 0 aromatic heterocycles. The number of hydrogen-bond acceptors (Lipinski definition) is 2. The van der Waals surface area contributed by atoms with Crippen LogP contribution in [0, 0.1) is 0 Å². The number of hydrogen-bond donors (Lipinski definition) is 1. The van der Waals surface area contributed by atoms with Gasteiger partial charge in [0.05, 0.1) is 0 Å². The third-order valence-corrected chi connectivity index (χ3v) is 5.70. The van der Waals surface area contributed by atoms with Gasteiger partial charge in [-0.3, -0.25) is 0 Å². The number of likely N-dealkylation sites (N-methyl/N-ethyl adjacent to an activating group) is 2. The molecule has 0 saturated heterocycles. The zero-order valence-corrected chi connectivity index (χ0v) is 15.2. The molecule has 1 rings (SSSR count). The van der Waals surface area contributed by atoms with Crippen molar-refractivity contribution in [1.29, 1.82) is 0 Å². The van der Waals surface area contributed by atoms with E-state index in [0.717, 1.165) is 0 Å². The fraction of sp³-hybridized carbons (Fsp3) is 1.00. The maximum absolute atomic E-state index is 3.66. The first-order valence-electron chi connectivity index (χ1n) is 9.52. The highest BCUT2D eigenvalue weighted by molar-refractivity contribution is 4.99. The summed E-state index contributed by atoms with van der Waals surface area (Å²) in [5, 5.41) is 3.66. The Kier molecular flexibility index (Phi) is 9.59. The molecule has 1 unspecified atom stereocenters. The number of nitrogens with one attached hydrogen (secondary N) is 1. The lowest BCUT2D eigenvalue weighted by molar-refractivity contribution is 0.0554. The van der Waals surface area contributed by atoms with Gasteiger partial charge in [0, 0.05) is 11.6 Å². The first-order valence-corrected chi connectivity index (χ1v) is 9.52. The highest BCUT2D eigenvalue weighted by Gasteiger charge is 2.40. The van der Waals surface area contributed by atoms with Crippen LogP contribution in [-0.4, -0.2) is 37.6 Å². The van der Waals surface area contributed by atoms with Gasteiger partial charge in [0.25, 0.3) is 0 Å². The highest BCUT2D eigenvalue weighted by atomic mass is 15.2. The summed E-state index contributed by atoms with van der Waals surface area (Å²) in [6.45, 7) is 2.29. The average Bonchev–Trinajstić information content (AvgIpc) is 2.50. The normalized spacial score (nSPS) is 19.9. The predicted molar refractivity (Wildman–Crippen MR) is 95.0 cm³/mol. The molecule has 0 aliphatic heterocycles. The molecule has 0 radical (unpaired) electrons. The van der Waals surface area contributed by atoms with Gasteiger partial charge in [-0.25, -0.2) is 0 Å². The van der Waals surface area contributed by atoms with E-state index in [1.807, 2.05) is 0 Å². The van der Waals surface area contributed by atoms with Crippen molar-refractivity contribution in [3.63, 3.8) is 0 Å². The van der Waals surface area contributed by atoms with Gasteiger partial charge in [-0.15, -0.1) is 0 Å². The van der Waals surface area contributed by atoms with Crippen LogP contribution in [0.1, 0.15) is 90.4 Å². The van der Waals surface area contributed by atoms with E-state index >= 15 is 0 Å². The predicted octanol–water partition coefficient (Wildman–Crippen LogP) is 4.98. The van der Waals surface area contributed by atoms with Crippen LogP contribution in [0.2, 0.25) is 0 Å². The molecule has 1 saturated carbocycles. The maximum Gasteiger partial charge on any atom is 0.0356 e. The van der Waals surface area contributed by atoms with Gasteiger partial charge >= 0.3 is 0 Å². The van der Waals surface area contributed by atoms with Crippen molar-refractivity contribution in [3.8, 4) is 0 Å². The van der Waals surface area contributed by atoms with E-state index in [2.05, 4.69) is 38.3 Å². The van der Waals surface area contributed by atoms with Gasteiger partial charge in [0.1, 0.15) is 0 Å². The van der Waals surface area contributed by atoms with Gasteiger partial charge in [0.15, 0.2) is 0 Å². The van der Waals surface area contributed by atoms with Crippen molar-refractivity contribution >= 4 is 0 Å². The smallest absolute Gasteiger partial charge is 0.0356 e. The standard InChI is InChI=1S/C19H40N2/c1-5-6-7-8-9-10-12-15-18(20-2)19(21(3)4)16-13-11-14-17-19/h18,20H,5-17H2,1-4H3. The Morgan fingerprint density at radius 1 is 0.905 bits per heavy atom. The van der Waals surface area contributed by atoms with Crippen molar-refractivity contribution in [1.82, 2.24) is 10.2 Å². The van der Waals surface area contributed by atoms with Crippen LogP contribution in [-0.2, 0) is 0 Å². The minimum absolute atomic E-state index is 0.412. The minimum atomic E-state index is 0.412. The third kappa shape index (κ3) is 5.90. The molecule has 0 bridgehead atoms. The summed E-state index contributed by atoms with van der Waals surface area (Å²) in [5.74, 6) is 0. The molecule has 0 aromatic rings. The zero-order chi connectivity index (χ0) is 15.6. The molecule has 1 aliphatic rings. The average molecular weight is 297 g/mol. The molecule has 21 heavy (non-hydrogen) atoms. The van der Waals surface area contributed by atoms with Crippen molar-refractivity contribution < 1.29 is 0 Å². The summed E-state index contributed by atoms with van der Waals surface area (Å²) in [6, 6.07) is 0.670. The van der Waals surface area contributed by atoms with E-state index in [0.29, 0.717) is 11.6 Å². The number of rotatable bonds is 11. The van der Waals surface area contributed by atoms with E-state index in [1.54, 1.807) is 0 Å². The molecular weight excluding hydrogens is 256 g/mol. The summed E-state index contributed by atoms with van der Waals surface area (Å²) in [4.78, 5) is 2.52. The molecule has 2 heteroatoms. The molecule has 1 aliphatic carbocycles. The van der Waals surface area contributed by atoms with Crippen LogP contribution in [0.4, 0.5) is 0 Å². The number of unbranched alkanes of at least 4 members (excludes halogenated alkanes) is 6. The molecule has 0 spiro atoms. The van der Waals surface area contributed by atoms with Crippen molar-refractivity contribution in [2.24, 2.45) is 0 Å². The summed E-state index contributed by atoms with van der Waals surface area (Å²) in [6.07, 6.45) is 18.3. The molecule has 1 N–H and O–H groups in total. The van der Waals surface area contributed by atoms with E-state index in [1.165, 1.54) is 83.5 Å². The lowest BCUT2D eigenvalue weighted by Crippen LogP contribution is -2.59. The second kappa shape index (κ2) is 10.6. The Labute approximate surface area is 134 Å².